The van der Waals surface area contributed by atoms with E-state index in [4.69, 9.17) is 4.98 Å². The second kappa shape index (κ2) is 5.27. The predicted octanol–water partition coefficient (Wildman–Crippen LogP) is 5.55. The van der Waals surface area contributed by atoms with Crippen LogP contribution in [0.1, 0.15) is 5.01 Å². The molecule has 0 spiro atoms. The van der Waals surface area contributed by atoms with Crippen LogP contribution in [0.15, 0.2) is 59.1 Å². The Hall–Kier alpha value is -1.45. The van der Waals surface area contributed by atoms with Crippen molar-refractivity contribution in [3.05, 3.63) is 64.1 Å². The van der Waals surface area contributed by atoms with Gasteiger partial charge in [0.25, 0.3) is 0 Å². The summed E-state index contributed by atoms with van der Waals surface area (Å²) in [4.78, 5) is 5.93. The van der Waals surface area contributed by atoms with Crippen LogP contribution in [0.5, 0.6) is 0 Å². The summed E-state index contributed by atoms with van der Waals surface area (Å²) in [6, 6.07) is 18.8. The van der Waals surface area contributed by atoms with Gasteiger partial charge in [0, 0.05) is 10.0 Å². The first kappa shape index (κ1) is 12.6. The third-order valence-electron chi connectivity index (χ3n) is 2.89. The average Bonchev–Trinajstić information content (AvgIpc) is 2.83. The van der Waals surface area contributed by atoms with Crippen molar-refractivity contribution in [3.63, 3.8) is 0 Å². The lowest BCUT2D eigenvalue weighted by atomic mass is 10.1. The van der Waals surface area contributed by atoms with Crippen LogP contribution >= 0.6 is 27.3 Å². The summed E-state index contributed by atoms with van der Waals surface area (Å²) in [5, 5.41) is 1.09. The maximum absolute atomic E-state index is 4.69. The molecular formula is C16H12BrNS. The summed E-state index contributed by atoms with van der Waals surface area (Å²) in [6.07, 6.45) is 0. The molecule has 0 saturated carbocycles. The second-order valence-electron chi connectivity index (χ2n) is 4.28. The number of thiazole rings is 1. The largest absolute Gasteiger partial charge is 0.241 e. The van der Waals surface area contributed by atoms with Gasteiger partial charge >= 0.3 is 0 Å². The quantitative estimate of drug-likeness (QED) is 0.600. The molecule has 0 aliphatic rings. The summed E-state index contributed by atoms with van der Waals surface area (Å²) in [6.45, 7) is 2.06. The predicted molar refractivity (Wildman–Crippen MR) is 85.4 cm³/mol. The number of nitrogens with zero attached hydrogens (tertiary/aromatic N) is 1. The maximum Gasteiger partial charge on any atom is 0.0908 e. The normalized spacial score (nSPS) is 10.6. The van der Waals surface area contributed by atoms with E-state index in [0.717, 1.165) is 20.7 Å². The fourth-order valence-corrected chi connectivity index (χ4v) is 3.23. The van der Waals surface area contributed by atoms with Gasteiger partial charge in [-0.2, -0.15) is 0 Å². The summed E-state index contributed by atoms with van der Waals surface area (Å²) in [5.41, 5.74) is 3.46. The first-order chi connectivity index (χ1) is 9.24. The maximum atomic E-state index is 4.69. The standard InChI is InChI=1S/C16H12BrNS/c1-11-18-15(12-7-9-14(17)10-8-12)16(19-11)13-5-3-2-4-6-13/h2-10H,1H3. The van der Waals surface area contributed by atoms with Crippen LogP contribution in [0, 0.1) is 6.92 Å². The Morgan fingerprint density at radius 3 is 2.26 bits per heavy atom. The van der Waals surface area contributed by atoms with Crippen LogP contribution in [0.25, 0.3) is 21.7 Å². The molecule has 0 radical (unpaired) electrons. The molecule has 3 heteroatoms. The molecule has 1 aromatic heterocycles. The van der Waals surface area contributed by atoms with E-state index in [1.807, 2.05) is 6.07 Å². The van der Waals surface area contributed by atoms with E-state index < -0.39 is 0 Å². The van der Waals surface area contributed by atoms with Gasteiger partial charge in [-0.15, -0.1) is 11.3 Å². The SMILES string of the molecule is Cc1nc(-c2ccc(Br)cc2)c(-c2ccccc2)s1. The van der Waals surface area contributed by atoms with E-state index in [1.54, 1.807) is 11.3 Å². The van der Waals surface area contributed by atoms with Crippen LogP contribution < -0.4 is 0 Å². The Balaban J connectivity index is 2.15. The lowest BCUT2D eigenvalue weighted by Crippen LogP contribution is -1.82. The fourth-order valence-electron chi connectivity index (χ4n) is 2.02. The van der Waals surface area contributed by atoms with Gasteiger partial charge in [0.05, 0.1) is 15.6 Å². The molecule has 0 fully saturated rings. The van der Waals surface area contributed by atoms with E-state index in [1.165, 1.54) is 10.4 Å². The fraction of sp³-hybridized carbons (Fsp3) is 0.0625. The molecule has 1 nitrogen and oxygen atoms in total. The highest BCUT2D eigenvalue weighted by Gasteiger charge is 2.12. The Morgan fingerprint density at radius 1 is 0.895 bits per heavy atom. The molecular weight excluding hydrogens is 318 g/mol. The van der Waals surface area contributed by atoms with Crippen molar-refractivity contribution in [1.29, 1.82) is 0 Å². The first-order valence-electron chi connectivity index (χ1n) is 6.03. The van der Waals surface area contributed by atoms with Crippen LogP contribution in [-0.4, -0.2) is 4.98 Å². The summed E-state index contributed by atoms with van der Waals surface area (Å²) >= 11 is 5.21. The average molecular weight is 330 g/mol. The Bertz CT molecular complexity index is 687. The monoisotopic (exact) mass is 329 g/mol. The summed E-state index contributed by atoms with van der Waals surface area (Å²) in [5.74, 6) is 0. The minimum Gasteiger partial charge on any atom is -0.241 e. The molecule has 3 rings (SSSR count). The van der Waals surface area contributed by atoms with Crippen molar-refractivity contribution in [2.45, 2.75) is 6.92 Å². The highest BCUT2D eigenvalue weighted by molar-refractivity contribution is 9.10. The smallest absolute Gasteiger partial charge is 0.0908 e. The number of aryl methyl sites for hydroxylation is 1. The molecule has 0 saturated heterocycles. The molecule has 0 atom stereocenters. The summed E-state index contributed by atoms with van der Waals surface area (Å²) < 4.78 is 1.09. The molecule has 0 amide bonds. The minimum absolute atomic E-state index is 1.07. The Morgan fingerprint density at radius 2 is 1.58 bits per heavy atom. The molecule has 0 unspecified atom stereocenters. The Labute approximate surface area is 125 Å². The molecule has 0 bridgehead atoms. The molecule has 3 aromatic rings. The van der Waals surface area contributed by atoms with Crippen molar-refractivity contribution >= 4 is 27.3 Å². The van der Waals surface area contributed by atoms with Crippen molar-refractivity contribution in [1.82, 2.24) is 4.98 Å². The van der Waals surface area contributed by atoms with Gasteiger partial charge in [0.1, 0.15) is 0 Å². The van der Waals surface area contributed by atoms with E-state index in [-0.39, 0.29) is 0 Å². The van der Waals surface area contributed by atoms with E-state index in [2.05, 4.69) is 71.4 Å². The third kappa shape index (κ3) is 2.62. The van der Waals surface area contributed by atoms with Gasteiger partial charge in [-0.25, -0.2) is 4.98 Å². The van der Waals surface area contributed by atoms with Crippen LogP contribution in [0.3, 0.4) is 0 Å². The van der Waals surface area contributed by atoms with Crippen molar-refractivity contribution in [3.8, 4) is 21.7 Å². The lowest BCUT2D eigenvalue weighted by molar-refractivity contribution is 1.30. The van der Waals surface area contributed by atoms with Gasteiger partial charge in [-0.3, -0.25) is 0 Å². The lowest BCUT2D eigenvalue weighted by Gasteiger charge is -2.03. The number of aromatic nitrogens is 1. The van der Waals surface area contributed by atoms with Gasteiger partial charge in [0.2, 0.25) is 0 Å². The highest BCUT2D eigenvalue weighted by atomic mass is 79.9. The Kier molecular flexibility index (Phi) is 3.49. The van der Waals surface area contributed by atoms with E-state index >= 15 is 0 Å². The minimum atomic E-state index is 1.07. The van der Waals surface area contributed by atoms with Crippen molar-refractivity contribution in [2.75, 3.05) is 0 Å². The summed E-state index contributed by atoms with van der Waals surface area (Å²) in [7, 11) is 0. The van der Waals surface area contributed by atoms with Gasteiger partial charge in [-0.05, 0) is 24.6 Å². The molecule has 2 aromatic carbocycles. The number of rotatable bonds is 2. The van der Waals surface area contributed by atoms with Crippen LogP contribution in [-0.2, 0) is 0 Å². The number of hydrogen-bond donors (Lipinski definition) is 0. The highest BCUT2D eigenvalue weighted by Crippen LogP contribution is 2.36. The first-order valence-corrected chi connectivity index (χ1v) is 7.64. The molecule has 19 heavy (non-hydrogen) atoms. The molecule has 1 heterocycles. The van der Waals surface area contributed by atoms with Crippen molar-refractivity contribution in [2.24, 2.45) is 0 Å². The third-order valence-corrected chi connectivity index (χ3v) is 4.44. The van der Waals surface area contributed by atoms with Crippen LogP contribution in [0.4, 0.5) is 0 Å². The van der Waals surface area contributed by atoms with Crippen LogP contribution in [0.2, 0.25) is 0 Å². The van der Waals surface area contributed by atoms with Crippen molar-refractivity contribution < 1.29 is 0 Å². The van der Waals surface area contributed by atoms with Gasteiger partial charge in [-0.1, -0.05) is 58.4 Å². The van der Waals surface area contributed by atoms with Gasteiger partial charge in [0.15, 0.2) is 0 Å². The number of halogens is 1. The molecule has 0 N–H and O–H groups in total. The zero-order chi connectivity index (χ0) is 13.2. The molecule has 0 aliphatic heterocycles. The zero-order valence-electron chi connectivity index (χ0n) is 10.4. The van der Waals surface area contributed by atoms with E-state index in [9.17, 15) is 0 Å². The number of hydrogen-bond acceptors (Lipinski definition) is 2. The molecule has 94 valence electrons. The molecule has 0 aliphatic carbocycles. The zero-order valence-corrected chi connectivity index (χ0v) is 12.8. The second-order valence-corrected chi connectivity index (χ2v) is 6.40. The van der Waals surface area contributed by atoms with E-state index in [0.29, 0.717) is 0 Å². The number of benzene rings is 2. The van der Waals surface area contributed by atoms with Gasteiger partial charge < -0.3 is 0 Å². The topological polar surface area (TPSA) is 12.9 Å².